The number of aromatic carboxylic acids is 1. The molecule has 1 amide bonds. The van der Waals surface area contributed by atoms with Gasteiger partial charge in [0.1, 0.15) is 30.3 Å². The first-order chi connectivity index (χ1) is 11.9. The van der Waals surface area contributed by atoms with E-state index >= 15 is 0 Å². The second-order valence-electron chi connectivity index (χ2n) is 5.63. The first kappa shape index (κ1) is 17.2. The maximum absolute atomic E-state index is 12.6. The van der Waals surface area contributed by atoms with Crippen LogP contribution in [-0.2, 0) is 6.54 Å². The molecule has 0 radical (unpaired) electrons. The van der Waals surface area contributed by atoms with Gasteiger partial charge >= 0.3 is 5.97 Å². The molecule has 2 aromatic rings. The largest absolute Gasteiger partial charge is 0.486 e. The Labute approximate surface area is 148 Å². The third-order valence-electron chi connectivity index (χ3n) is 3.78. The van der Waals surface area contributed by atoms with Crippen LogP contribution in [0.5, 0.6) is 11.5 Å². The van der Waals surface area contributed by atoms with Gasteiger partial charge in [-0.05, 0) is 25.1 Å². The van der Waals surface area contributed by atoms with Crippen LogP contribution in [0, 0.1) is 6.92 Å². The number of furan rings is 1. The number of hydrogen-bond acceptors (Lipinski definition) is 5. The Morgan fingerprint density at radius 3 is 2.64 bits per heavy atom. The maximum Gasteiger partial charge on any atom is 0.339 e. The number of carboxylic acid groups (broad SMARTS) is 1. The molecule has 0 saturated heterocycles. The molecule has 1 aliphatic heterocycles. The van der Waals surface area contributed by atoms with Crippen LogP contribution in [0.1, 0.15) is 32.2 Å². The summed E-state index contributed by atoms with van der Waals surface area (Å²) in [6.07, 6.45) is 0. The molecule has 0 aliphatic carbocycles. The molecule has 3 rings (SSSR count). The number of aryl methyl sites for hydroxylation is 1. The number of benzene rings is 1. The maximum atomic E-state index is 12.6. The fourth-order valence-electron chi connectivity index (χ4n) is 2.59. The molecule has 1 aromatic carbocycles. The molecule has 1 aromatic heterocycles. The van der Waals surface area contributed by atoms with Crippen LogP contribution < -0.4 is 9.47 Å². The lowest BCUT2D eigenvalue weighted by Gasteiger charge is -2.21. The number of rotatable bonds is 4. The van der Waals surface area contributed by atoms with Gasteiger partial charge in [0.15, 0.2) is 11.5 Å². The number of ether oxygens (including phenoxy) is 2. The average molecular weight is 366 g/mol. The molecule has 0 spiro atoms. The summed E-state index contributed by atoms with van der Waals surface area (Å²) in [6.45, 7) is 2.48. The van der Waals surface area contributed by atoms with Gasteiger partial charge in [0.2, 0.25) is 0 Å². The van der Waals surface area contributed by atoms with Crippen molar-refractivity contribution in [1.29, 1.82) is 0 Å². The Bertz CT molecular complexity index is 844. The van der Waals surface area contributed by atoms with Crippen molar-refractivity contribution in [3.63, 3.8) is 0 Å². The van der Waals surface area contributed by atoms with E-state index < -0.39 is 5.97 Å². The van der Waals surface area contributed by atoms with E-state index in [4.69, 9.17) is 30.6 Å². The standard InChI is InChI=1S/C17H16ClNO6/c1-9-12(17(21)22)7-11(25-9)8-19(2)16(20)10-5-13(18)15-14(6-10)23-3-4-24-15/h5-7H,3-4,8H2,1-2H3,(H,21,22). The molecule has 1 aliphatic rings. The molecule has 132 valence electrons. The van der Waals surface area contributed by atoms with Crippen molar-refractivity contribution >= 4 is 23.5 Å². The quantitative estimate of drug-likeness (QED) is 0.895. The lowest BCUT2D eigenvalue weighted by molar-refractivity contribution is 0.0694. The Morgan fingerprint density at radius 1 is 1.24 bits per heavy atom. The molecule has 1 N–H and O–H groups in total. The van der Waals surface area contributed by atoms with Gasteiger partial charge in [-0.1, -0.05) is 11.6 Å². The van der Waals surface area contributed by atoms with Crippen LogP contribution in [0.25, 0.3) is 0 Å². The van der Waals surface area contributed by atoms with Crippen molar-refractivity contribution in [2.75, 3.05) is 20.3 Å². The first-order valence-electron chi connectivity index (χ1n) is 7.54. The predicted molar refractivity (Wildman–Crippen MR) is 88.6 cm³/mol. The zero-order valence-electron chi connectivity index (χ0n) is 13.7. The summed E-state index contributed by atoms with van der Waals surface area (Å²) < 4.78 is 16.3. The highest BCUT2D eigenvalue weighted by atomic mass is 35.5. The van der Waals surface area contributed by atoms with Crippen LogP contribution in [0.4, 0.5) is 0 Å². The third-order valence-corrected chi connectivity index (χ3v) is 4.06. The van der Waals surface area contributed by atoms with E-state index in [-0.39, 0.29) is 18.0 Å². The van der Waals surface area contributed by atoms with E-state index in [0.717, 1.165) is 0 Å². The van der Waals surface area contributed by atoms with E-state index in [1.54, 1.807) is 20.0 Å². The van der Waals surface area contributed by atoms with Crippen LogP contribution in [0.3, 0.4) is 0 Å². The molecule has 2 heterocycles. The van der Waals surface area contributed by atoms with Gasteiger partial charge in [0, 0.05) is 12.6 Å². The van der Waals surface area contributed by atoms with Gasteiger partial charge in [-0.25, -0.2) is 4.79 Å². The van der Waals surface area contributed by atoms with Gasteiger partial charge < -0.3 is 23.9 Å². The second-order valence-corrected chi connectivity index (χ2v) is 6.04. The number of hydrogen-bond donors (Lipinski definition) is 1. The monoisotopic (exact) mass is 365 g/mol. The van der Waals surface area contributed by atoms with Crippen LogP contribution in [0.2, 0.25) is 5.02 Å². The summed E-state index contributed by atoms with van der Waals surface area (Å²) in [5.74, 6) is 0.169. The van der Waals surface area contributed by atoms with Gasteiger partial charge in [-0.2, -0.15) is 0 Å². The number of carbonyl (C=O) groups excluding carboxylic acids is 1. The molecule has 0 saturated carbocycles. The number of halogens is 1. The van der Waals surface area contributed by atoms with Crippen molar-refractivity contribution in [2.45, 2.75) is 13.5 Å². The van der Waals surface area contributed by atoms with Gasteiger partial charge in [-0.3, -0.25) is 4.79 Å². The summed E-state index contributed by atoms with van der Waals surface area (Å²) in [5, 5.41) is 9.36. The Kier molecular flexibility index (Phi) is 4.59. The molecule has 8 heteroatoms. The minimum absolute atomic E-state index is 0.0817. The van der Waals surface area contributed by atoms with Gasteiger partial charge in [0.25, 0.3) is 5.91 Å². The van der Waals surface area contributed by atoms with E-state index in [0.29, 0.717) is 46.8 Å². The number of carbonyl (C=O) groups is 2. The fraction of sp³-hybridized carbons (Fsp3) is 0.294. The number of carboxylic acids is 1. The molecule has 0 fully saturated rings. The molecular formula is C17H16ClNO6. The summed E-state index contributed by atoms with van der Waals surface area (Å²) in [4.78, 5) is 25.1. The van der Waals surface area contributed by atoms with Crippen molar-refractivity contribution in [3.05, 3.63) is 45.9 Å². The van der Waals surface area contributed by atoms with Crippen molar-refractivity contribution in [2.24, 2.45) is 0 Å². The summed E-state index contributed by atoms with van der Waals surface area (Å²) >= 11 is 6.16. The molecule has 0 bridgehead atoms. The smallest absolute Gasteiger partial charge is 0.339 e. The fourth-order valence-corrected chi connectivity index (χ4v) is 2.86. The lowest BCUT2D eigenvalue weighted by atomic mass is 10.1. The normalized spacial score (nSPS) is 12.8. The predicted octanol–water partition coefficient (Wildman–Crippen LogP) is 2.98. The molecule has 0 unspecified atom stereocenters. The van der Waals surface area contributed by atoms with Crippen LogP contribution >= 0.6 is 11.6 Å². The van der Waals surface area contributed by atoms with E-state index in [1.807, 2.05) is 0 Å². The van der Waals surface area contributed by atoms with E-state index in [9.17, 15) is 9.59 Å². The zero-order chi connectivity index (χ0) is 18.1. The van der Waals surface area contributed by atoms with Crippen molar-refractivity contribution < 1.29 is 28.6 Å². The molecule has 0 atom stereocenters. The second kappa shape index (κ2) is 6.68. The van der Waals surface area contributed by atoms with Crippen LogP contribution in [0.15, 0.2) is 22.6 Å². The number of fused-ring (bicyclic) bond motifs is 1. The topological polar surface area (TPSA) is 89.2 Å². The third kappa shape index (κ3) is 3.41. The first-order valence-corrected chi connectivity index (χ1v) is 7.92. The van der Waals surface area contributed by atoms with E-state index in [1.165, 1.54) is 17.0 Å². The van der Waals surface area contributed by atoms with Gasteiger partial charge in [-0.15, -0.1) is 0 Å². The molecule has 7 nitrogen and oxygen atoms in total. The summed E-state index contributed by atoms with van der Waals surface area (Å²) in [7, 11) is 1.59. The molecule has 25 heavy (non-hydrogen) atoms. The number of nitrogens with zero attached hydrogens (tertiary/aromatic N) is 1. The molecular weight excluding hydrogens is 350 g/mol. The highest BCUT2D eigenvalue weighted by Crippen LogP contribution is 2.38. The Hall–Kier alpha value is -2.67. The Balaban J connectivity index is 1.80. The minimum atomic E-state index is -1.07. The summed E-state index contributed by atoms with van der Waals surface area (Å²) in [6, 6.07) is 4.51. The van der Waals surface area contributed by atoms with Gasteiger partial charge in [0.05, 0.1) is 11.6 Å². The average Bonchev–Trinajstić information content (AvgIpc) is 2.94. The SMILES string of the molecule is Cc1oc(CN(C)C(=O)c2cc(Cl)c3c(c2)OCCO3)cc1C(=O)O. The minimum Gasteiger partial charge on any atom is -0.486 e. The van der Waals surface area contributed by atoms with Crippen molar-refractivity contribution in [3.8, 4) is 11.5 Å². The number of amides is 1. The van der Waals surface area contributed by atoms with Crippen molar-refractivity contribution in [1.82, 2.24) is 4.90 Å². The van der Waals surface area contributed by atoms with E-state index in [2.05, 4.69) is 0 Å². The Morgan fingerprint density at radius 2 is 1.96 bits per heavy atom. The summed E-state index contributed by atoms with van der Waals surface area (Å²) in [5.41, 5.74) is 0.428. The highest BCUT2D eigenvalue weighted by molar-refractivity contribution is 6.32. The van der Waals surface area contributed by atoms with Crippen LogP contribution in [-0.4, -0.2) is 42.1 Å². The highest BCUT2D eigenvalue weighted by Gasteiger charge is 2.22. The zero-order valence-corrected chi connectivity index (χ0v) is 14.4. The lowest BCUT2D eigenvalue weighted by Crippen LogP contribution is -2.26.